The Morgan fingerprint density at radius 3 is 2.42 bits per heavy atom. The van der Waals surface area contributed by atoms with Crippen LogP contribution in [0.1, 0.15) is 77.2 Å². The van der Waals surface area contributed by atoms with Gasteiger partial charge in [0.15, 0.2) is 0 Å². The topological polar surface area (TPSA) is 26.3 Å². The van der Waals surface area contributed by atoms with Gasteiger partial charge in [-0.2, -0.15) is 0 Å². The predicted octanol–water partition coefficient (Wildman–Crippen LogP) is 6.27. The summed E-state index contributed by atoms with van der Waals surface area (Å²) < 4.78 is 5.93. The molecule has 3 rings (SSSR count). The van der Waals surface area contributed by atoms with Crippen molar-refractivity contribution in [2.75, 3.05) is 0 Å². The summed E-state index contributed by atoms with van der Waals surface area (Å²) in [4.78, 5) is 12.5. The quantitative estimate of drug-likeness (QED) is 0.470. The Hall–Kier alpha value is -1.57. The molecular formula is C24H34O2. The molecule has 0 aromatic heterocycles. The molecule has 0 saturated heterocycles. The highest BCUT2D eigenvalue weighted by molar-refractivity contribution is 5.83. The Bertz CT molecular complexity index is 606. The van der Waals surface area contributed by atoms with Gasteiger partial charge in [0, 0.05) is 6.08 Å². The van der Waals surface area contributed by atoms with Crippen molar-refractivity contribution in [1.82, 2.24) is 0 Å². The molecule has 2 aliphatic carbocycles. The minimum Gasteiger partial charge on any atom is -0.459 e. The van der Waals surface area contributed by atoms with E-state index in [1.54, 1.807) is 6.08 Å². The van der Waals surface area contributed by atoms with Gasteiger partial charge >= 0.3 is 5.97 Å². The first-order valence-electron chi connectivity index (χ1n) is 10.5. The summed E-state index contributed by atoms with van der Waals surface area (Å²) in [5.74, 6) is 2.28. The maximum atomic E-state index is 12.5. The predicted molar refractivity (Wildman–Crippen MR) is 107 cm³/mol. The Kier molecular flexibility index (Phi) is 6.56. The molecule has 2 saturated carbocycles. The number of esters is 1. The molecule has 142 valence electrons. The van der Waals surface area contributed by atoms with Crippen LogP contribution in [0, 0.1) is 17.8 Å². The molecule has 3 atom stereocenters. The van der Waals surface area contributed by atoms with Gasteiger partial charge in [-0.1, -0.05) is 63.1 Å². The van der Waals surface area contributed by atoms with Gasteiger partial charge in [-0.3, -0.25) is 0 Å². The molecule has 0 aliphatic heterocycles. The summed E-state index contributed by atoms with van der Waals surface area (Å²) in [6.07, 6.45) is 9.68. The zero-order chi connectivity index (χ0) is 18.5. The fourth-order valence-corrected chi connectivity index (χ4v) is 4.79. The Morgan fingerprint density at radius 1 is 1.08 bits per heavy atom. The second kappa shape index (κ2) is 8.88. The largest absolute Gasteiger partial charge is 0.459 e. The zero-order valence-corrected chi connectivity index (χ0v) is 16.6. The maximum absolute atomic E-state index is 12.5. The summed E-state index contributed by atoms with van der Waals surface area (Å²) in [6.45, 7) is 6.79. The van der Waals surface area contributed by atoms with Crippen LogP contribution >= 0.6 is 0 Å². The van der Waals surface area contributed by atoms with E-state index in [4.69, 9.17) is 4.74 Å². The number of hydrogen-bond acceptors (Lipinski definition) is 2. The third-order valence-electron chi connectivity index (χ3n) is 6.45. The molecule has 0 unspecified atom stereocenters. The minimum absolute atomic E-state index is 0.101. The first-order chi connectivity index (χ1) is 12.5. The van der Waals surface area contributed by atoms with E-state index in [1.165, 1.54) is 24.0 Å². The summed E-state index contributed by atoms with van der Waals surface area (Å²) >= 11 is 0. The fourth-order valence-electron chi connectivity index (χ4n) is 4.79. The molecule has 0 radical (unpaired) electrons. The van der Waals surface area contributed by atoms with Crippen molar-refractivity contribution in [3.63, 3.8) is 0 Å². The Balaban J connectivity index is 1.54. The van der Waals surface area contributed by atoms with Gasteiger partial charge in [0.25, 0.3) is 0 Å². The van der Waals surface area contributed by atoms with Crippen LogP contribution in [0.3, 0.4) is 0 Å². The van der Waals surface area contributed by atoms with Crippen LogP contribution in [-0.2, 0) is 9.53 Å². The summed E-state index contributed by atoms with van der Waals surface area (Å²) in [5.41, 5.74) is 2.71. The summed E-state index contributed by atoms with van der Waals surface area (Å²) in [5, 5.41) is 0. The molecular weight excluding hydrogens is 320 g/mol. The van der Waals surface area contributed by atoms with Gasteiger partial charge < -0.3 is 4.74 Å². The standard InChI is InChI=1S/C24H34O2/c1-17(2)22-14-9-18(3)15-23(22)26-24(25)16-19-10-12-21(13-11-19)20-7-5-4-6-8-20/h4-8,16-18,21-23H,9-15H2,1-3H3/t18-,21?,22+,23-/m1/s1. The van der Waals surface area contributed by atoms with E-state index < -0.39 is 0 Å². The van der Waals surface area contributed by atoms with Gasteiger partial charge in [0.05, 0.1) is 0 Å². The molecule has 0 amide bonds. The molecule has 2 heteroatoms. The van der Waals surface area contributed by atoms with Crippen molar-refractivity contribution < 1.29 is 9.53 Å². The van der Waals surface area contributed by atoms with Crippen LogP contribution in [-0.4, -0.2) is 12.1 Å². The second-order valence-corrected chi connectivity index (χ2v) is 8.79. The monoisotopic (exact) mass is 354 g/mol. The normalized spacial score (nSPS) is 29.5. The number of carbonyl (C=O) groups excluding carboxylic acids is 1. The van der Waals surface area contributed by atoms with Crippen molar-refractivity contribution in [2.45, 2.75) is 77.7 Å². The van der Waals surface area contributed by atoms with Gasteiger partial charge in [0.1, 0.15) is 6.10 Å². The van der Waals surface area contributed by atoms with E-state index in [1.807, 2.05) is 0 Å². The van der Waals surface area contributed by atoms with Crippen molar-refractivity contribution >= 4 is 5.97 Å². The van der Waals surface area contributed by atoms with Crippen LogP contribution in [0.25, 0.3) is 0 Å². The number of hydrogen-bond donors (Lipinski definition) is 0. The number of carbonyl (C=O) groups is 1. The number of allylic oxidation sites excluding steroid dienone is 1. The molecule has 0 spiro atoms. The van der Waals surface area contributed by atoms with E-state index in [-0.39, 0.29) is 12.1 Å². The number of ether oxygens (including phenoxy) is 1. The minimum atomic E-state index is -0.108. The highest BCUT2D eigenvalue weighted by Crippen LogP contribution is 2.37. The van der Waals surface area contributed by atoms with Crippen LogP contribution in [0.15, 0.2) is 42.0 Å². The van der Waals surface area contributed by atoms with Gasteiger partial charge in [-0.15, -0.1) is 0 Å². The van der Waals surface area contributed by atoms with Crippen molar-refractivity contribution in [2.24, 2.45) is 17.8 Å². The fraction of sp³-hybridized carbons (Fsp3) is 0.625. The van der Waals surface area contributed by atoms with E-state index in [2.05, 4.69) is 51.1 Å². The summed E-state index contributed by atoms with van der Waals surface area (Å²) in [6, 6.07) is 10.8. The van der Waals surface area contributed by atoms with Gasteiger partial charge in [0.2, 0.25) is 0 Å². The lowest BCUT2D eigenvalue weighted by Crippen LogP contribution is -2.35. The Labute approximate surface area is 159 Å². The average Bonchev–Trinajstić information content (AvgIpc) is 2.63. The molecule has 2 aliphatic rings. The van der Waals surface area contributed by atoms with E-state index >= 15 is 0 Å². The smallest absolute Gasteiger partial charge is 0.330 e. The van der Waals surface area contributed by atoms with Crippen molar-refractivity contribution in [3.05, 3.63) is 47.5 Å². The molecule has 1 aromatic rings. The van der Waals surface area contributed by atoms with Crippen LogP contribution in [0.4, 0.5) is 0 Å². The maximum Gasteiger partial charge on any atom is 0.330 e. The van der Waals surface area contributed by atoms with Crippen LogP contribution in [0.2, 0.25) is 0 Å². The van der Waals surface area contributed by atoms with E-state index in [0.717, 1.165) is 32.1 Å². The molecule has 0 N–H and O–H groups in total. The molecule has 2 nitrogen and oxygen atoms in total. The van der Waals surface area contributed by atoms with Crippen LogP contribution in [0.5, 0.6) is 0 Å². The van der Waals surface area contributed by atoms with Crippen LogP contribution < -0.4 is 0 Å². The van der Waals surface area contributed by atoms with Gasteiger partial charge in [-0.25, -0.2) is 4.79 Å². The lowest BCUT2D eigenvalue weighted by atomic mass is 9.75. The van der Waals surface area contributed by atoms with Crippen molar-refractivity contribution in [3.8, 4) is 0 Å². The second-order valence-electron chi connectivity index (χ2n) is 8.79. The highest BCUT2D eigenvalue weighted by Gasteiger charge is 2.33. The van der Waals surface area contributed by atoms with E-state index in [9.17, 15) is 4.79 Å². The lowest BCUT2D eigenvalue weighted by molar-refractivity contribution is -0.149. The molecule has 0 heterocycles. The highest BCUT2D eigenvalue weighted by atomic mass is 16.5. The van der Waals surface area contributed by atoms with Crippen molar-refractivity contribution in [1.29, 1.82) is 0 Å². The molecule has 1 aromatic carbocycles. The SMILES string of the molecule is CC(C)[C@@H]1CC[C@@H](C)C[C@H]1OC(=O)C=C1CCC(c2ccccc2)CC1. The first-order valence-corrected chi connectivity index (χ1v) is 10.5. The zero-order valence-electron chi connectivity index (χ0n) is 16.6. The van der Waals surface area contributed by atoms with E-state index in [0.29, 0.717) is 23.7 Å². The molecule has 2 fully saturated rings. The lowest BCUT2D eigenvalue weighted by Gasteiger charge is -2.36. The third kappa shape index (κ3) is 4.99. The number of rotatable bonds is 4. The molecule has 0 bridgehead atoms. The Morgan fingerprint density at radius 2 is 1.77 bits per heavy atom. The summed E-state index contributed by atoms with van der Waals surface area (Å²) in [7, 11) is 0. The number of benzene rings is 1. The van der Waals surface area contributed by atoms with Gasteiger partial charge in [-0.05, 0) is 67.8 Å². The third-order valence-corrected chi connectivity index (χ3v) is 6.45. The first kappa shape index (κ1) is 19.2. The average molecular weight is 355 g/mol. The molecule has 26 heavy (non-hydrogen) atoms.